The van der Waals surface area contributed by atoms with Crippen LogP contribution in [0.15, 0.2) is 18.2 Å². The van der Waals surface area contributed by atoms with E-state index in [1.165, 1.54) is 32.4 Å². The van der Waals surface area contributed by atoms with E-state index in [1.807, 2.05) is 6.07 Å². The molecule has 92 valence electrons. The van der Waals surface area contributed by atoms with Crippen LogP contribution in [-0.2, 0) is 6.42 Å². The number of benzene rings is 1. The van der Waals surface area contributed by atoms with Gasteiger partial charge in [-0.25, -0.2) is 0 Å². The quantitative estimate of drug-likeness (QED) is 0.769. The lowest BCUT2D eigenvalue weighted by Crippen LogP contribution is -2.49. The van der Waals surface area contributed by atoms with Crippen LogP contribution in [0.25, 0.3) is 0 Å². The van der Waals surface area contributed by atoms with E-state index in [4.69, 9.17) is 0 Å². The number of piperidine rings is 3. The summed E-state index contributed by atoms with van der Waals surface area (Å²) in [6, 6.07) is 5.82. The van der Waals surface area contributed by atoms with Crippen LogP contribution in [0.3, 0.4) is 0 Å². The second kappa shape index (κ2) is 4.22. The summed E-state index contributed by atoms with van der Waals surface area (Å²) in [4.78, 5) is 2.57. The summed E-state index contributed by atoms with van der Waals surface area (Å²) in [6.45, 7) is 2.47. The van der Waals surface area contributed by atoms with Gasteiger partial charge in [0, 0.05) is 6.04 Å². The molecular formula is C14H19NO2. The second-order valence-corrected chi connectivity index (χ2v) is 5.40. The monoisotopic (exact) mass is 233 g/mol. The normalized spacial score (nSPS) is 31.6. The summed E-state index contributed by atoms with van der Waals surface area (Å²) in [7, 11) is 0. The van der Waals surface area contributed by atoms with Crippen molar-refractivity contribution in [3.63, 3.8) is 0 Å². The molecule has 1 aromatic carbocycles. The molecule has 3 saturated heterocycles. The van der Waals surface area contributed by atoms with Crippen LogP contribution in [0.5, 0.6) is 11.5 Å². The number of phenols is 2. The zero-order valence-corrected chi connectivity index (χ0v) is 9.97. The molecule has 1 aromatic rings. The van der Waals surface area contributed by atoms with E-state index in [-0.39, 0.29) is 11.5 Å². The fourth-order valence-electron chi connectivity index (χ4n) is 3.27. The molecule has 2 bridgehead atoms. The minimum Gasteiger partial charge on any atom is -0.504 e. The highest BCUT2D eigenvalue weighted by Gasteiger charge is 2.33. The number of rotatable bonds is 2. The molecule has 0 aliphatic carbocycles. The molecule has 3 fully saturated rings. The average molecular weight is 233 g/mol. The standard InChI is InChI=1S/C14H19NO2/c16-13-2-1-11(9-14(13)17)8-12-7-10-3-5-15(12)6-4-10/h1-2,9-10,12,16-17H,3-8H2/t12-/m1/s1. The maximum absolute atomic E-state index is 9.50. The van der Waals surface area contributed by atoms with Crippen LogP contribution in [-0.4, -0.2) is 34.2 Å². The molecule has 3 heteroatoms. The average Bonchev–Trinajstić information content (AvgIpc) is 2.35. The lowest BCUT2D eigenvalue weighted by atomic mass is 9.81. The molecule has 3 nitrogen and oxygen atoms in total. The maximum Gasteiger partial charge on any atom is 0.157 e. The minimum absolute atomic E-state index is 0.00142. The van der Waals surface area contributed by atoms with Crippen molar-refractivity contribution < 1.29 is 10.2 Å². The highest BCUT2D eigenvalue weighted by molar-refractivity contribution is 5.40. The molecule has 2 N–H and O–H groups in total. The van der Waals surface area contributed by atoms with Gasteiger partial charge in [0.15, 0.2) is 11.5 Å². The third kappa shape index (κ3) is 2.12. The van der Waals surface area contributed by atoms with Crippen LogP contribution in [0, 0.1) is 5.92 Å². The molecule has 3 aliphatic rings. The first kappa shape index (κ1) is 10.9. The fraction of sp³-hybridized carbons (Fsp3) is 0.571. The predicted octanol–water partition coefficient (Wildman–Crippen LogP) is 2.12. The molecular weight excluding hydrogens is 214 g/mol. The Bertz CT molecular complexity index is 411. The fourth-order valence-corrected chi connectivity index (χ4v) is 3.27. The molecule has 3 aliphatic heterocycles. The van der Waals surface area contributed by atoms with Crippen LogP contribution in [0.2, 0.25) is 0 Å². The molecule has 0 spiro atoms. The van der Waals surface area contributed by atoms with E-state index < -0.39 is 0 Å². The molecule has 0 radical (unpaired) electrons. The van der Waals surface area contributed by atoms with E-state index >= 15 is 0 Å². The Morgan fingerprint density at radius 1 is 1.12 bits per heavy atom. The zero-order valence-electron chi connectivity index (χ0n) is 9.97. The second-order valence-electron chi connectivity index (χ2n) is 5.40. The van der Waals surface area contributed by atoms with Gasteiger partial charge in [-0.15, -0.1) is 0 Å². The van der Waals surface area contributed by atoms with Gasteiger partial charge in [-0.1, -0.05) is 6.07 Å². The molecule has 0 amide bonds. The van der Waals surface area contributed by atoms with Gasteiger partial charge in [-0.05, 0) is 62.4 Å². The summed E-state index contributed by atoms with van der Waals surface area (Å²) in [6.07, 6.45) is 5.00. The Morgan fingerprint density at radius 3 is 2.47 bits per heavy atom. The largest absolute Gasteiger partial charge is 0.504 e. The summed E-state index contributed by atoms with van der Waals surface area (Å²) >= 11 is 0. The van der Waals surface area contributed by atoms with Crippen molar-refractivity contribution >= 4 is 0 Å². The summed E-state index contributed by atoms with van der Waals surface area (Å²) < 4.78 is 0. The van der Waals surface area contributed by atoms with E-state index in [9.17, 15) is 10.2 Å². The van der Waals surface area contributed by atoms with Gasteiger partial charge < -0.3 is 15.1 Å². The van der Waals surface area contributed by atoms with Gasteiger partial charge in [0.25, 0.3) is 0 Å². The highest BCUT2D eigenvalue weighted by Crippen LogP contribution is 2.34. The molecule has 3 heterocycles. The van der Waals surface area contributed by atoms with Gasteiger partial charge in [0.1, 0.15) is 0 Å². The number of hydrogen-bond acceptors (Lipinski definition) is 3. The van der Waals surface area contributed by atoms with Gasteiger partial charge in [-0.2, -0.15) is 0 Å². The Morgan fingerprint density at radius 2 is 1.88 bits per heavy atom. The first-order valence-corrected chi connectivity index (χ1v) is 6.47. The zero-order chi connectivity index (χ0) is 11.8. The SMILES string of the molecule is Oc1ccc(C[C@H]2CC3CCN2CC3)cc1O. The molecule has 0 saturated carbocycles. The predicted molar refractivity (Wildman–Crippen MR) is 66.2 cm³/mol. The van der Waals surface area contributed by atoms with Crippen molar-refractivity contribution in [3.05, 3.63) is 23.8 Å². The van der Waals surface area contributed by atoms with Crippen molar-refractivity contribution in [2.75, 3.05) is 13.1 Å². The number of phenolic OH excluding ortho intramolecular Hbond substituents is 2. The summed E-state index contributed by atoms with van der Waals surface area (Å²) in [5.41, 5.74) is 1.12. The van der Waals surface area contributed by atoms with Crippen molar-refractivity contribution in [1.29, 1.82) is 0 Å². The number of hydrogen-bond donors (Lipinski definition) is 2. The Hall–Kier alpha value is -1.22. The maximum atomic E-state index is 9.50. The smallest absolute Gasteiger partial charge is 0.157 e. The lowest BCUT2D eigenvalue weighted by Gasteiger charge is -2.45. The van der Waals surface area contributed by atoms with Crippen molar-refractivity contribution in [1.82, 2.24) is 4.90 Å². The number of fused-ring (bicyclic) bond motifs is 3. The van der Waals surface area contributed by atoms with Crippen molar-refractivity contribution in [2.45, 2.75) is 31.7 Å². The topological polar surface area (TPSA) is 43.7 Å². The minimum atomic E-state index is -0.0285. The molecule has 17 heavy (non-hydrogen) atoms. The first-order chi connectivity index (χ1) is 8.22. The Kier molecular flexibility index (Phi) is 2.71. The molecule has 0 aromatic heterocycles. The number of aromatic hydroxyl groups is 2. The third-order valence-electron chi connectivity index (χ3n) is 4.28. The van der Waals surface area contributed by atoms with E-state index in [1.54, 1.807) is 12.1 Å². The van der Waals surface area contributed by atoms with E-state index in [2.05, 4.69) is 4.90 Å². The summed E-state index contributed by atoms with van der Waals surface area (Å²) in [5.74, 6) is 0.883. The lowest BCUT2D eigenvalue weighted by molar-refractivity contribution is 0.0498. The van der Waals surface area contributed by atoms with Gasteiger partial charge in [0.2, 0.25) is 0 Å². The van der Waals surface area contributed by atoms with Crippen LogP contribution in [0.4, 0.5) is 0 Å². The van der Waals surface area contributed by atoms with Crippen LogP contribution >= 0.6 is 0 Å². The Labute approximate surface area is 102 Å². The van der Waals surface area contributed by atoms with Crippen molar-refractivity contribution in [3.8, 4) is 11.5 Å². The Balaban J connectivity index is 1.72. The highest BCUT2D eigenvalue weighted by atomic mass is 16.3. The third-order valence-corrected chi connectivity index (χ3v) is 4.28. The molecule has 1 atom stereocenters. The van der Waals surface area contributed by atoms with Crippen LogP contribution < -0.4 is 0 Å². The van der Waals surface area contributed by atoms with Gasteiger partial charge >= 0.3 is 0 Å². The van der Waals surface area contributed by atoms with Gasteiger partial charge in [0.05, 0.1) is 0 Å². The molecule has 0 unspecified atom stereocenters. The van der Waals surface area contributed by atoms with Crippen molar-refractivity contribution in [2.24, 2.45) is 5.92 Å². The first-order valence-electron chi connectivity index (χ1n) is 6.47. The van der Waals surface area contributed by atoms with E-state index in [0.717, 1.165) is 17.9 Å². The molecule has 4 rings (SSSR count). The number of nitrogens with zero attached hydrogens (tertiary/aromatic N) is 1. The summed E-state index contributed by atoms with van der Waals surface area (Å²) in [5, 5.41) is 18.8. The van der Waals surface area contributed by atoms with E-state index in [0.29, 0.717) is 6.04 Å². The van der Waals surface area contributed by atoms with Gasteiger partial charge in [-0.3, -0.25) is 0 Å². The van der Waals surface area contributed by atoms with Crippen LogP contribution in [0.1, 0.15) is 24.8 Å².